The number of carbonyl (C=O) groups excluding carboxylic acids is 1. The molecular formula is C16H18BrNO3. The minimum absolute atomic E-state index is 0.439. The Labute approximate surface area is 132 Å². The molecule has 1 aliphatic heterocycles. The van der Waals surface area contributed by atoms with Crippen LogP contribution in [-0.2, 0) is 16.8 Å². The Morgan fingerprint density at radius 3 is 2.57 bits per heavy atom. The summed E-state index contributed by atoms with van der Waals surface area (Å²) in [6.07, 6.45) is 6.56. The first-order valence-electron chi connectivity index (χ1n) is 7.42. The number of hydrogen-bond donors (Lipinski definition) is 0. The van der Waals surface area contributed by atoms with Crippen LogP contribution in [0.4, 0.5) is 0 Å². The van der Waals surface area contributed by atoms with Crippen molar-refractivity contribution < 1.29 is 14.3 Å². The third-order valence-electron chi connectivity index (χ3n) is 4.41. The van der Waals surface area contributed by atoms with Crippen LogP contribution in [0.3, 0.4) is 0 Å². The molecule has 1 aliphatic carbocycles. The van der Waals surface area contributed by atoms with E-state index in [-0.39, 0.29) is 0 Å². The Bertz CT molecular complexity index is 602. The summed E-state index contributed by atoms with van der Waals surface area (Å²) in [7, 11) is 0. The molecule has 2 aliphatic rings. The van der Waals surface area contributed by atoms with Gasteiger partial charge in [0.05, 0.1) is 10.0 Å². The lowest BCUT2D eigenvalue weighted by molar-refractivity contribution is 0.168. The first-order valence-corrected chi connectivity index (χ1v) is 8.21. The fourth-order valence-electron chi connectivity index (χ4n) is 3.48. The zero-order valence-corrected chi connectivity index (χ0v) is 13.7. The summed E-state index contributed by atoms with van der Waals surface area (Å²) < 4.78 is 12.5. The summed E-state index contributed by atoms with van der Waals surface area (Å²) in [5.74, 6) is 1.57. The average Bonchev–Trinajstić information content (AvgIpc) is 2.97. The molecule has 3 rings (SSSR count). The van der Waals surface area contributed by atoms with E-state index in [1.54, 1.807) is 6.08 Å². The van der Waals surface area contributed by atoms with Gasteiger partial charge in [-0.1, -0.05) is 19.8 Å². The van der Waals surface area contributed by atoms with Gasteiger partial charge in [0.2, 0.25) is 6.08 Å². The zero-order valence-electron chi connectivity index (χ0n) is 12.1. The van der Waals surface area contributed by atoms with Gasteiger partial charge in [-0.05, 0) is 46.8 Å². The zero-order chi connectivity index (χ0) is 14.9. The van der Waals surface area contributed by atoms with E-state index in [1.165, 1.54) is 0 Å². The molecule has 21 heavy (non-hydrogen) atoms. The standard InChI is InChI=1S/C16H18BrNO3/c1-2-11-12(16(18-10-19)5-3-4-6-16)9-13(17)15-14(11)20-7-8-21-15/h9H,2-8H2,1H3. The Balaban J connectivity index is 2.22. The van der Waals surface area contributed by atoms with Crippen molar-refractivity contribution in [3.8, 4) is 11.5 Å². The number of ether oxygens (including phenoxy) is 2. The van der Waals surface area contributed by atoms with Crippen LogP contribution in [0.2, 0.25) is 0 Å². The van der Waals surface area contributed by atoms with Crippen LogP contribution in [0.15, 0.2) is 15.5 Å². The third-order valence-corrected chi connectivity index (χ3v) is 5.00. The van der Waals surface area contributed by atoms with Crippen molar-refractivity contribution in [2.24, 2.45) is 4.99 Å². The van der Waals surface area contributed by atoms with E-state index in [0.29, 0.717) is 13.2 Å². The van der Waals surface area contributed by atoms with E-state index >= 15 is 0 Å². The van der Waals surface area contributed by atoms with Crippen molar-refractivity contribution in [3.63, 3.8) is 0 Å². The highest BCUT2D eigenvalue weighted by molar-refractivity contribution is 9.10. The summed E-state index contributed by atoms with van der Waals surface area (Å²) >= 11 is 3.57. The highest BCUT2D eigenvalue weighted by Crippen LogP contribution is 2.50. The largest absolute Gasteiger partial charge is 0.486 e. The van der Waals surface area contributed by atoms with Crippen LogP contribution in [0.1, 0.15) is 43.7 Å². The van der Waals surface area contributed by atoms with Gasteiger partial charge in [-0.25, -0.2) is 4.79 Å². The van der Waals surface area contributed by atoms with Gasteiger partial charge in [-0.3, -0.25) is 0 Å². The van der Waals surface area contributed by atoms with E-state index < -0.39 is 5.54 Å². The molecular weight excluding hydrogens is 334 g/mol. The first-order chi connectivity index (χ1) is 10.2. The third kappa shape index (κ3) is 2.39. The Kier molecular flexibility index (Phi) is 4.05. The quantitative estimate of drug-likeness (QED) is 0.613. The summed E-state index contributed by atoms with van der Waals surface area (Å²) in [6, 6.07) is 2.05. The fraction of sp³-hybridized carbons (Fsp3) is 0.562. The van der Waals surface area contributed by atoms with E-state index in [0.717, 1.165) is 59.2 Å². The molecule has 5 heteroatoms. The molecule has 0 N–H and O–H groups in total. The molecule has 4 nitrogen and oxygen atoms in total. The summed E-state index contributed by atoms with van der Waals surface area (Å²) in [5.41, 5.74) is 1.75. The molecule has 1 heterocycles. The molecule has 0 atom stereocenters. The minimum Gasteiger partial charge on any atom is -0.486 e. The summed E-state index contributed by atoms with van der Waals surface area (Å²) in [5, 5.41) is 0. The molecule has 0 radical (unpaired) electrons. The van der Waals surface area contributed by atoms with Crippen molar-refractivity contribution in [2.45, 2.75) is 44.6 Å². The molecule has 1 saturated carbocycles. The predicted octanol–water partition coefficient (Wildman–Crippen LogP) is 3.89. The monoisotopic (exact) mass is 351 g/mol. The first kappa shape index (κ1) is 14.6. The van der Waals surface area contributed by atoms with Crippen LogP contribution >= 0.6 is 15.9 Å². The number of halogens is 1. The maximum absolute atomic E-state index is 11.0. The number of fused-ring (bicyclic) bond motifs is 1. The maximum Gasteiger partial charge on any atom is 0.235 e. The average molecular weight is 352 g/mol. The van der Waals surface area contributed by atoms with Gasteiger partial charge in [-0.2, -0.15) is 4.99 Å². The molecule has 0 spiro atoms. The van der Waals surface area contributed by atoms with Gasteiger partial charge in [0.1, 0.15) is 13.2 Å². The Morgan fingerprint density at radius 2 is 1.95 bits per heavy atom. The lowest BCUT2D eigenvalue weighted by Crippen LogP contribution is -2.24. The van der Waals surface area contributed by atoms with Gasteiger partial charge in [0.15, 0.2) is 11.5 Å². The van der Waals surface area contributed by atoms with Crippen LogP contribution < -0.4 is 9.47 Å². The van der Waals surface area contributed by atoms with Crippen molar-refractivity contribution >= 4 is 22.0 Å². The molecule has 0 bridgehead atoms. The highest BCUT2D eigenvalue weighted by Gasteiger charge is 2.39. The van der Waals surface area contributed by atoms with Crippen LogP contribution in [0.25, 0.3) is 0 Å². The minimum atomic E-state index is -0.439. The van der Waals surface area contributed by atoms with Gasteiger partial charge in [0, 0.05) is 5.56 Å². The second-order valence-corrected chi connectivity index (χ2v) is 6.39. The summed E-state index contributed by atoms with van der Waals surface area (Å²) in [6.45, 7) is 3.21. The normalized spacial score (nSPS) is 19.1. The number of nitrogens with zero attached hydrogens (tertiary/aromatic N) is 1. The van der Waals surface area contributed by atoms with Gasteiger partial charge >= 0.3 is 0 Å². The van der Waals surface area contributed by atoms with Crippen molar-refractivity contribution in [2.75, 3.05) is 13.2 Å². The van der Waals surface area contributed by atoms with Crippen LogP contribution in [-0.4, -0.2) is 19.3 Å². The van der Waals surface area contributed by atoms with Gasteiger partial charge in [-0.15, -0.1) is 0 Å². The SMILES string of the molecule is CCc1c(C2(N=C=O)CCCC2)cc(Br)c2c1OCCO2. The summed E-state index contributed by atoms with van der Waals surface area (Å²) in [4.78, 5) is 15.2. The van der Waals surface area contributed by atoms with Crippen molar-refractivity contribution in [1.82, 2.24) is 0 Å². The second-order valence-electron chi connectivity index (χ2n) is 5.54. The second kappa shape index (κ2) is 5.82. The molecule has 0 unspecified atom stereocenters. The predicted molar refractivity (Wildman–Crippen MR) is 82.8 cm³/mol. The van der Waals surface area contributed by atoms with E-state index in [1.807, 2.05) is 0 Å². The number of rotatable bonds is 3. The van der Waals surface area contributed by atoms with Crippen LogP contribution in [0.5, 0.6) is 11.5 Å². The number of aliphatic imine (C=N–C) groups is 1. The number of isocyanates is 1. The Morgan fingerprint density at radius 1 is 1.29 bits per heavy atom. The number of hydrogen-bond acceptors (Lipinski definition) is 4. The van der Waals surface area contributed by atoms with Crippen molar-refractivity contribution in [3.05, 3.63) is 21.7 Å². The molecule has 1 aromatic carbocycles. The van der Waals surface area contributed by atoms with E-state index in [2.05, 4.69) is 33.9 Å². The molecule has 1 aromatic rings. The lowest BCUT2D eigenvalue weighted by atomic mass is 9.84. The fourth-order valence-corrected chi connectivity index (χ4v) is 4.00. The van der Waals surface area contributed by atoms with Gasteiger partial charge < -0.3 is 9.47 Å². The topological polar surface area (TPSA) is 47.9 Å². The van der Waals surface area contributed by atoms with Gasteiger partial charge in [0.25, 0.3) is 0 Å². The number of benzene rings is 1. The Hall–Kier alpha value is -1.32. The van der Waals surface area contributed by atoms with E-state index in [4.69, 9.17) is 9.47 Å². The smallest absolute Gasteiger partial charge is 0.235 e. The molecule has 1 fully saturated rings. The lowest BCUT2D eigenvalue weighted by Gasteiger charge is -2.30. The molecule has 112 valence electrons. The highest BCUT2D eigenvalue weighted by atomic mass is 79.9. The molecule has 0 aromatic heterocycles. The van der Waals surface area contributed by atoms with E-state index in [9.17, 15) is 4.79 Å². The van der Waals surface area contributed by atoms with Crippen molar-refractivity contribution in [1.29, 1.82) is 0 Å². The van der Waals surface area contributed by atoms with Crippen LogP contribution in [0, 0.1) is 0 Å². The molecule has 0 saturated heterocycles. The maximum atomic E-state index is 11.0. The molecule has 0 amide bonds.